The van der Waals surface area contributed by atoms with Crippen LogP contribution < -0.4 is 5.32 Å². The molecule has 0 unspecified atom stereocenters. The Kier molecular flexibility index (Phi) is 5.15. The SMILES string of the molecule is CC(C)c1nsc(NCCN(C)C(C)C)n1. The number of nitrogens with one attached hydrogen (secondary N) is 1. The van der Waals surface area contributed by atoms with Crippen LogP contribution in [0.4, 0.5) is 5.13 Å². The Morgan fingerprint density at radius 1 is 1.31 bits per heavy atom. The van der Waals surface area contributed by atoms with Crippen LogP contribution in [0.2, 0.25) is 0 Å². The summed E-state index contributed by atoms with van der Waals surface area (Å²) < 4.78 is 4.30. The van der Waals surface area contributed by atoms with Crippen LogP contribution in [0.5, 0.6) is 0 Å². The van der Waals surface area contributed by atoms with Crippen molar-refractivity contribution in [1.82, 2.24) is 14.3 Å². The van der Waals surface area contributed by atoms with E-state index in [1.807, 2.05) is 0 Å². The first-order chi connectivity index (χ1) is 7.50. The highest BCUT2D eigenvalue weighted by Crippen LogP contribution is 2.16. The van der Waals surface area contributed by atoms with Crippen molar-refractivity contribution in [1.29, 1.82) is 0 Å². The van der Waals surface area contributed by atoms with Gasteiger partial charge in [-0.05, 0) is 20.9 Å². The van der Waals surface area contributed by atoms with Gasteiger partial charge >= 0.3 is 0 Å². The summed E-state index contributed by atoms with van der Waals surface area (Å²) in [6, 6.07) is 0.586. The van der Waals surface area contributed by atoms with Gasteiger partial charge in [0, 0.05) is 36.6 Å². The average Bonchev–Trinajstić information content (AvgIpc) is 2.66. The summed E-state index contributed by atoms with van der Waals surface area (Å²) in [4.78, 5) is 6.73. The lowest BCUT2D eigenvalue weighted by Gasteiger charge is -2.20. The van der Waals surface area contributed by atoms with E-state index in [2.05, 4.69) is 54.3 Å². The van der Waals surface area contributed by atoms with Crippen molar-refractivity contribution in [2.24, 2.45) is 0 Å². The maximum atomic E-state index is 4.43. The minimum atomic E-state index is 0.408. The van der Waals surface area contributed by atoms with Gasteiger partial charge in [0.25, 0.3) is 0 Å². The molecule has 1 aromatic rings. The molecule has 5 heteroatoms. The van der Waals surface area contributed by atoms with E-state index in [1.165, 1.54) is 11.5 Å². The molecule has 0 aromatic carbocycles. The zero-order valence-electron chi connectivity index (χ0n) is 10.8. The second-order valence-electron chi connectivity index (χ2n) is 4.61. The standard InChI is InChI=1S/C11H22N4S/c1-8(2)10-13-11(16-14-10)12-6-7-15(5)9(3)4/h8-9H,6-7H2,1-5H3,(H,12,13,14). The van der Waals surface area contributed by atoms with E-state index in [0.717, 1.165) is 24.0 Å². The molecule has 16 heavy (non-hydrogen) atoms. The molecule has 4 nitrogen and oxygen atoms in total. The van der Waals surface area contributed by atoms with Crippen molar-refractivity contribution in [2.45, 2.75) is 39.7 Å². The number of nitrogens with zero attached hydrogens (tertiary/aromatic N) is 3. The molecule has 92 valence electrons. The Morgan fingerprint density at radius 2 is 2.00 bits per heavy atom. The Balaban J connectivity index is 2.32. The fraction of sp³-hybridized carbons (Fsp3) is 0.818. The molecule has 0 aliphatic rings. The Labute approximate surface area is 102 Å². The Bertz CT molecular complexity index is 309. The molecule has 0 spiro atoms. The molecule has 0 radical (unpaired) electrons. The lowest BCUT2D eigenvalue weighted by atomic mass is 10.2. The van der Waals surface area contributed by atoms with E-state index in [4.69, 9.17) is 0 Å². The first-order valence-electron chi connectivity index (χ1n) is 5.78. The smallest absolute Gasteiger partial charge is 0.202 e. The van der Waals surface area contributed by atoms with Crippen molar-refractivity contribution in [2.75, 3.05) is 25.5 Å². The minimum absolute atomic E-state index is 0.408. The fourth-order valence-corrected chi connectivity index (χ4v) is 1.87. The molecule has 0 bridgehead atoms. The van der Waals surface area contributed by atoms with Gasteiger partial charge in [-0.2, -0.15) is 4.37 Å². The minimum Gasteiger partial charge on any atom is -0.359 e. The molecule has 1 N–H and O–H groups in total. The van der Waals surface area contributed by atoms with Gasteiger partial charge in [0.1, 0.15) is 5.82 Å². The van der Waals surface area contributed by atoms with E-state index >= 15 is 0 Å². The summed E-state index contributed by atoms with van der Waals surface area (Å²) >= 11 is 1.45. The quantitative estimate of drug-likeness (QED) is 0.832. The highest BCUT2D eigenvalue weighted by molar-refractivity contribution is 7.09. The van der Waals surface area contributed by atoms with E-state index in [9.17, 15) is 0 Å². The van der Waals surface area contributed by atoms with Crippen LogP contribution in [0.25, 0.3) is 0 Å². The summed E-state index contributed by atoms with van der Waals surface area (Å²) in [5.41, 5.74) is 0. The van der Waals surface area contributed by atoms with Crippen LogP contribution in [0, 0.1) is 0 Å². The van der Waals surface area contributed by atoms with Gasteiger partial charge in [0.15, 0.2) is 0 Å². The zero-order chi connectivity index (χ0) is 12.1. The number of rotatable bonds is 6. The van der Waals surface area contributed by atoms with Crippen LogP contribution in [-0.4, -0.2) is 40.4 Å². The van der Waals surface area contributed by atoms with Gasteiger partial charge in [-0.25, -0.2) is 4.98 Å². The highest BCUT2D eigenvalue weighted by atomic mass is 32.1. The van der Waals surface area contributed by atoms with Gasteiger partial charge in [-0.3, -0.25) is 0 Å². The predicted molar refractivity (Wildman–Crippen MR) is 70.3 cm³/mol. The maximum Gasteiger partial charge on any atom is 0.202 e. The molecule has 0 aliphatic heterocycles. The average molecular weight is 242 g/mol. The summed E-state index contributed by atoms with van der Waals surface area (Å²) in [6.07, 6.45) is 0. The summed E-state index contributed by atoms with van der Waals surface area (Å²) in [5, 5.41) is 4.24. The molecule has 1 aromatic heterocycles. The van der Waals surface area contributed by atoms with Crippen LogP contribution >= 0.6 is 11.5 Å². The normalized spacial score (nSPS) is 11.8. The van der Waals surface area contributed by atoms with E-state index in [0.29, 0.717) is 12.0 Å². The second kappa shape index (κ2) is 6.15. The van der Waals surface area contributed by atoms with E-state index in [1.54, 1.807) is 0 Å². The predicted octanol–water partition coefficient (Wildman–Crippen LogP) is 2.41. The molecule has 0 amide bonds. The van der Waals surface area contributed by atoms with Gasteiger partial charge in [-0.15, -0.1) is 0 Å². The highest BCUT2D eigenvalue weighted by Gasteiger charge is 2.07. The summed E-state index contributed by atoms with van der Waals surface area (Å²) in [6.45, 7) is 10.6. The van der Waals surface area contributed by atoms with E-state index in [-0.39, 0.29) is 0 Å². The molecule has 1 rings (SSSR count). The maximum absolute atomic E-state index is 4.43. The van der Waals surface area contributed by atoms with Crippen LogP contribution in [-0.2, 0) is 0 Å². The molecule has 0 atom stereocenters. The van der Waals surface area contributed by atoms with Crippen LogP contribution in [0.1, 0.15) is 39.4 Å². The molecule has 1 heterocycles. The lowest BCUT2D eigenvalue weighted by Crippen LogP contribution is -2.31. The molecular weight excluding hydrogens is 220 g/mol. The zero-order valence-corrected chi connectivity index (χ0v) is 11.6. The Hall–Kier alpha value is -0.680. The van der Waals surface area contributed by atoms with Gasteiger partial charge < -0.3 is 10.2 Å². The van der Waals surface area contributed by atoms with Crippen LogP contribution in [0.3, 0.4) is 0 Å². The Morgan fingerprint density at radius 3 is 2.50 bits per heavy atom. The molecule has 0 fully saturated rings. The van der Waals surface area contributed by atoms with Crippen molar-refractivity contribution in [3.8, 4) is 0 Å². The number of anilines is 1. The molecule has 0 aliphatic carbocycles. The molecule has 0 saturated carbocycles. The third kappa shape index (κ3) is 4.06. The van der Waals surface area contributed by atoms with Crippen molar-refractivity contribution >= 4 is 16.7 Å². The van der Waals surface area contributed by atoms with Gasteiger partial charge in [-0.1, -0.05) is 13.8 Å². The van der Waals surface area contributed by atoms with Crippen molar-refractivity contribution in [3.63, 3.8) is 0 Å². The third-order valence-corrected chi connectivity index (χ3v) is 3.27. The number of hydrogen-bond donors (Lipinski definition) is 1. The first-order valence-corrected chi connectivity index (χ1v) is 6.55. The fourth-order valence-electron chi connectivity index (χ4n) is 1.14. The lowest BCUT2D eigenvalue weighted by molar-refractivity contribution is 0.284. The molecular formula is C11H22N4S. The van der Waals surface area contributed by atoms with E-state index < -0.39 is 0 Å². The van der Waals surface area contributed by atoms with Gasteiger partial charge in [0.05, 0.1) is 0 Å². The third-order valence-electron chi connectivity index (χ3n) is 2.58. The summed E-state index contributed by atoms with van der Waals surface area (Å²) in [5.74, 6) is 1.34. The first kappa shape index (κ1) is 13.4. The summed E-state index contributed by atoms with van der Waals surface area (Å²) in [7, 11) is 2.13. The van der Waals surface area contributed by atoms with Crippen molar-refractivity contribution < 1.29 is 0 Å². The second-order valence-corrected chi connectivity index (χ2v) is 5.37. The number of aromatic nitrogens is 2. The largest absolute Gasteiger partial charge is 0.359 e. The van der Waals surface area contributed by atoms with Crippen molar-refractivity contribution in [3.05, 3.63) is 5.82 Å². The topological polar surface area (TPSA) is 41.1 Å². The molecule has 0 saturated heterocycles. The van der Waals surface area contributed by atoms with Gasteiger partial charge in [0.2, 0.25) is 5.13 Å². The number of likely N-dealkylation sites (N-methyl/N-ethyl adjacent to an activating group) is 1. The number of hydrogen-bond acceptors (Lipinski definition) is 5. The van der Waals surface area contributed by atoms with Crippen LogP contribution in [0.15, 0.2) is 0 Å². The monoisotopic (exact) mass is 242 g/mol.